The summed E-state index contributed by atoms with van der Waals surface area (Å²) >= 11 is 0. The van der Waals surface area contributed by atoms with Crippen molar-refractivity contribution in [1.29, 1.82) is 0 Å². The van der Waals surface area contributed by atoms with Crippen molar-refractivity contribution in [2.45, 2.75) is 0 Å². The van der Waals surface area contributed by atoms with Crippen molar-refractivity contribution in [3.05, 3.63) is 30.0 Å². The monoisotopic (exact) mass is 179 g/mol. The average Bonchev–Trinajstić information content (AvgIpc) is 2.16. The number of pyridine rings is 1. The van der Waals surface area contributed by atoms with Crippen LogP contribution in [0.15, 0.2) is 18.7 Å². The van der Waals surface area contributed by atoms with E-state index in [1.165, 1.54) is 19.3 Å². The molecule has 0 aliphatic carbocycles. The maximum Gasteiger partial charge on any atom is 0.341 e. The first-order valence-corrected chi connectivity index (χ1v) is 3.59. The van der Waals surface area contributed by atoms with Gasteiger partial charge in [-0.3, -0.25) is 0 Å². The Balaban J connectivity index is 3.23. The molecule has 1 rings (SSSR count). The number of aromatic carboxylic acids is 1. The minimum Gasteiger partial charge on any atom is -0.480 e. The maximum atomic E-state index is 10.6. The molecule has 68 valence electrons. The van der Waals surface area contributed by atoms with Crippen molar-refractivity contribution in [3.63, 3.8) is 0 Å². The molecule has 1 aromatic rings. The molecule has 0 spiro atoms. The van der Waals surface area contributed by atoms with Crippen LogP contribution in [0.2, 0.25) is 0 Å². The first-order valence-electron chi connectivity index (χ1n) is 3.59. The Morgan fingerprint density at radius 1 is 1.69 bits per heavy atom. The van der Waals surface area contributed by atoms with E-state index in [1.807, 2.05) is 0 Å². The van der Waals surface area contributed by atoms with Gasteiger partial charge in [-0.05, 0) is 18.2 Å². The fourth-order valence-electron chi connectivity index (χ4n) is 0.887. The van der Waals surface area contributed by atoms with Crippen LogP contribution in [-0.2, 0) is 0 Å². The summed E-state index contributed by atoms with van der Waals surface area (Å²) in [6.45, 7) is 3.52. The van der Waals surface area contributed by atoms with E-state index in [4.69, 9.17) is 9.84 Å². The summed E-state index contributed by atoms with van der Waals surface area (Å²) in [6, 6.07) is 3.00. The molecule has 0 aliphatic heterocycles. The number of hydrogen-bond acceptors (Lipinski definition) is 3. The van der Waals surface area contributed by atoms with Gasteiger partial charge < -0.3 is 9.84 Å². The SMILES string of the molecule is C=Cc1ccc(C(=O)O)c(OC)n1. The molecule has 0 unspecified atom stereocenters. The molecular formula is C9H9NO3. The Hall–Kier alpha value is -1.84. The molecule has 0 amide bonds. The van der Waals surface area contributed by atoms with Crippen LogP contribution in [0.4, 0.5) is 0 Å². The normalized spacial score (nSPS) is 9.31. The first-order chi connectivity index (χ1) is 6.19. The molecule has 0 bridgehead atoms. The summed E-state index contributed by atoms with van der Waals surface area (Å²) in [5, 5.41) is 8.71. The van der Waals surface area contributed by atoms with Gasteiger partial charge in [0, 0.05) is 0 Å². The van der Waals surface area contributed by atoms with Crippen molar-refractivity contribution < 1.29 is 14.6 Å². The van der Waals surface area contributed by atoms with Crippen molar-refractivity contribution in [2.24, 2.45) is 0 Å². The molecule has 1 N–H and O–H groups in total. The van der Waals surface area contributed by atoms with Crippen LogP contribution < -0.4 is 4.74 Å². The smallest absolute Gasteiger partial charge is 0.341 e. The minimum absolute atomic E-state index is 0.0492. The predicted molar refractivity (Wildman–Crippen MR) is 47.8 cm³/mol. The van der Waals surface area contributed by atoms with E-state index < -0.39 is 5.97 Å². The molecule has 0 aliphatic rings. The molecule has 0 atom stereocenters. The highest BCUT2D eigenvalue weighted by Gasteiger charge is 2.11. The first kappa shape index (κ1) is 9.25. The summed E-state index contributed by atoms with van der Waals surface area (Å²) in [6.07, 6.45) is 1.52. The molecule has 0 saturated heterocycles. The van der Waals surface area contributed by atoms with Crippen LogP contribution >= 0.6 is 0 Å². The second kappa shape index (κ2) is 3.71. The standard InChI is InChI=1S/C9H9NO3/c1-3-6-4-5-7(9(11)12)8(10-6)13-2/h3-5H,1H2,2H3,(H,11,12). The highest BCUT2D eigenvalue weighted by atomic mass is 16.5. The highest BCUT2D eigenvalue weighted by Crippen LogP contribution is 2.15. The van der Waals surface area contributed by atoms with Crippen LogP contribution in [0.5, 0.6) is 5.88 Å². The van der Waals surface area contributed by atoms with Gasteiger partial charge in [0.25, 0.3) is 0 Å². The van der Waals surface area contributed by atoms with Gasteiger partial charge in [0.1, 0.15) is 5.56 Å². The fourth-order valence-corrected chi connectivity index (χ4v) is 0.887. The van der Waals surface area contributed by atoms with Crippen LogP contribution in [-0.4, -0.2) is 23.2 Å². The Kier molecular flexibility index (Phi) is 2.64. The number of aromatic nitrogens is 1. The molecule has 13 heavy (non-hydrogen) atoms. The number of ether oxygens (including phenoxy) is 1. The van der Waals surface area contributed by atoms with E-state index in [0.29, 0.717) is 5.69 Å². The quantitative estimate of drug-likeness (QED) is 0.762. The van der Waals surface area contributed by atoms with Crippen LogP contribution in [0, 0.1) is 0 Å². The molecule has 0 fully saturated rings. The topological polar surface area (TPSA) is 59.4 Å². The average molecular weight is 179 g/mol. The summed E-state index contributed by atoms with van der Waals surface area (Å²) in [5.41, 5.74) is 0.634. The molecule has 4 heteroatoms. The largest absolute Gasteiger partial charge is 0.480 e. The van der Waals surface area contributed by atoms with Gasteiger partial charge >= 0.3 is 5.97 Å². The van der Waals surface area contributed by atoms with Gasteiger partial charge in [-0.15, -0.1) is 0 Å². The third-order valence-electron chi connectivity index (χ3n) is 1.51. The minimum atomic E-state index is -1.06. The number of carboxylic acids is 1. The molecule has 0 aromatic carbocycles. The van der Waals surface area contributed by atoms with Crippen LogP contribution in [0.1, 0.15) is 16.1 Å². The summed E-state index contributed by atoms with van der Waals surface area (Å²) in [7, 11) is 1.38. The van der Waals surface area contributed by atoms with Crippen molar-refractivity contribution in [1.82, 2.24) is 4.98 Å². The molecule has 4 nitrogen and oxygen atoms in total. The number of rotatable bonds is 3. The summed E-state index contributed by atoms with van der Waals surface area (Å²) < 4.78 is 4.81. The van der Waals surface area contributed by atoms with Crippen LogP contribution in [0.3, 0.4) is 0 Å². The number of nitrogens with zero attached hydrogens (tertiary/aromatic N) is 1. The van der Waals surface area contributed by atoms with Gasteiger partial charge in [-0.25, -0.2) is 9.78 Å². The molecule has 1 heterocycles. The van der Waals surface area contributed by atoms with E-state index in [-0.39, 0.29) is 11.4 Å². The Morgan fingerprint density at radius 2 is 2.38 bits per heavy atom. The third-order valence-corrected chi connectivity index (χ3v) is 1.51. The van der Waals surface area contributed by atoms with E-state index in [9.17, 15) is 4.79 Å². The van der Waals surface area contributed by atoms with E-state index in [2.05, 4.69) is 11.6 Å². The number of methoxy groups -OCH3 is 1. The molecule has 0 saturated carbocycles. The van der Waals surface area contributed by atoms with Gasteiger partial charge in [0.15, 0.2) is 0 Å². The van der Waals surface area contributed by atoms with Gasteiger partial charge in [-0.1, -0.05) is 6.58 Å². The van der Waals surface area contributed by atoms with Crippen molar-refractivity contribution in [2.75, 3.05) is 7.11 Å². The van der Waals surface area contributed by atoms with E-state index >= 15 is 0 Å². The third kappa shape index (κ3) is 1.84. The zero-order chi connectivity index (χ0) is 9.84. The number of hydrogen-bond donors (Lipinski definition) is 1. The predicted octanol–water partition coefficient (Wildman–Crippen LogP) is 1.43. The lowest BCUT2D eigenvalue weighted by Crippen LogP contribution is -2.02. The lowest BCUT2D eigenvalue weighted by molar-refractivity contribution is 0.0692. The summed E-state index contributed by atoms with van der Waals surface area (Å²) in [5.74, 6) is -0.954. The van der Waals surface area contributed by atoms with Crippen LogP contribution in [0.25, 0.3) is 6.08 Å². The molecular weight excluding hydrogens is 170 g/mol. The maximum absolute atomic E-state index is 10.6. The fraction of sp³-hybridized carbons (Fsp3) is 0.111. The summed E-state index contributed by atoms with van der Waals surface area (Å²) in [4.78, 5) is 14.5. The van der Waals surface area contributed by atoms with E-state index in [1.54, 1.807) is 6.07 Å². The second-order valence-corrected chi connectivity index (χ2v) is 2.30. The van der Waals surface area contributed by atoms with E-state index in [0.717, 1.165) is 0 Å². The van der Waals surface area contributed by atoms with Gasteiger partial charge in [0.2, 0.25) is 5.88 Å². The molecule has 0 radical (unpaired) electrons. The number of carboxylic acid groups (broad SMARTS) is 1. The Labute approximate surface area is 75.5 Å². The zero-order valence-electron chi connectivity index (χ0n) is 7.15. The van der Waals surface area contributed by atoms with Gasteiger partial charge in [0.05, 0.1) is 12.8 Å². The second-order valence-electron chi connectivity index (χ2n) is 2.30. The van der Waals surface area contributed by atoms with Gasteiger partial charge in [-0.2, -0.15) is 0 Å². The lowest BCUT2D eigenvalue weighted by atomic mass is 10.2. The van der Waals surface area contributed by atoms with Crippen molar-refractivity contribution >= 4 is 12.0 Å². The molecule has 1 aromatic heterocycles. The zero-order valence-corrected chi connectivity index (χ0v) is 7.15. The highest BCUT2D eigenvalue weighted by molar-refractivity contribution is 5.90. The Morgan fingerprint density at radius 3 is 2.85 bits per heavy atom. The Bertz CT molecular complexity index is 347. The number of carbonyl (C=O) groups is 1. The van der Waals surface area contributed by atoms with Crippen molar-refractivity contribution in [3.8, 4) is 5.88 Å². The lowest BCUT2D eigenvalue weighted by Gasteiger charge is -2.03.